The Morgan fingerprint density at radius 3 is 2.89 bits per heavy atom. The first-order valence-corrected chi connectivity index (χ1v) is 7.20. The summed E-state index contributed by atoms with van der Waals surface area (Å²) in [4.78, 5) is 3.89. The number of morpholine rings is 1. The number of nitrogen functional groups attached to an aromatic ring is 1. The van der Waals surface area contributed by atoms with Crippen LogP contribution >= 0.6 is 0 Å². The number of anilines is 1. The van der Waals surface area contributed by atoms with Crippen molar-refractivity contribution in [1.82, 2.24) is 9.29 Å². The topological polar surface area (TPSA) is 85.5 Å². The van der Waals surface area contributed by atoms with E-state index in [-0.39, 0.29) is 22.7 Å². The second-order valence-corrected chi connectivity index (χ2v) is 6.34. The minimum Gasteiger partial charge on any atom is -0.398 e. The molecule has 1 saturated heterocycles. The highest BCUT2D eigenvalue weighted by Crippen LogP contribution is 2.25. The molecule has 1 aliphatic heterocycles. The lowest BCUT2D eigenvalue weighted by atomic mass is 10.2. The SMILES string of the molecule is CC1CN(S(=O)(=O)c2cnccc2N)C(C)CO1. The van der Waals surface area contributed by atoms with Crippen molar-refractivity contribution >= 4 is 15.7 Å². The van der Waals surface area contributed by atoms with Gasteiger partial charge in [0.25, 0.3) is 0 Å². The molecule has 18 heavy (non-hydrogen) atoms. The fourth-order valence-electron chi connectivity index (χ4n) is 1.94. The van der Waals surface area contributed by atoms with Crippen molar-refractivity contribution in [3.8, 4) is 0 Å². The molecule has 100 valence electrons. The monoisotopic (exact) mass is 271 g/mol. The van der Waals surface area contributed by atoms with Gasteiger partial charge in [-0.05, 0) is 19.9 Å². The Hall–Kier alpha value is -1.18. The molecule has 1 fully saturated rings. The maximum Gasteiger partial charge on any atom is 0.247 e. The summed E-state index contributed by atoms with van der Waals surface area (Å²) < 4.78 is 31.9. The second kappa shape index (κ2) is 4.83. The predicted molar refractivity (Wildman–Crippen MR) is 67.4 cm³/mol. The van der Waals surface area contributed by atoms with E-state index in [0.29, 0.717) is 13.2 Å². The number of rotatable bonds is 2. The van der Waals surface area contributed by atoms with Crippen LogP contribution in [-0.2, 0) is 14.8 Å². The van der Waals surface area contributed by atoms with E-state index >= 15 is 0 Å². The van der Waals surface area contributed by atoms with E-state index in [1.165, 1.54) is 22.8 Å². The molecule has 6 nitrogen and oxygen atoms in total. The number of ether oxygens (including phenoxy) is 1. The zero-order valence-corrected chi connectivity index (χ0v) is 11.2. The number of nitrogens with two attached hydrogens (primary N) is 1. The molecular formula is C11H17N3O3S. The van der Waals surface area contributed by atoms with Crippen LogP contribution in [0.3, 0.4) is 0 Å². The average Bonchev–Trinajstić information content (AvgIpc) is 2.32. The number of sulfonamides is 1. The van der Waals surface area contributed by atoms with E-state index in [1.54, 1.807) is 0 Å². The van der Waals surface area contributed by atoms with E-state index in [1.807, 2.05) is 13.8 Å². The molecule has 0 aliphatic carbocycles. The van der Waals surface area contributed by atoms with E-state index in [9.17, 15) is 8.42 Å². The van der Waals surface area contributed by atoms with Crippen molar-refractivity contribution < 1.29 is 13.2 Å². The predicted octanol–water partition coefficient (Wildman–Crippen LogP) is 0.462. The normalized spacial score (nSPS) is 26.1. The maximum absolute atomic E-state index is 12.5. The summed E-state index contributed by atoms with van der Waals surface area (Å²) in [5.41, 5.74) is 5.94. The Balaban J connectivity index is 2.39. The number of aromatic nitrogens is 1. The summed E-state index contributed by atoms with van der Waals surface area (Å²) in [6, 6.07) is 1.28. The summed E-state index contributed by atoms with van der Waals surface area (Å²) in [6.07, 6.45) is 2.64. The molecule has 1 aromatic heterocycles. The molecule has 2 unspecified atom stereocenters. The molecule has 1 aliphatic rings. The fourth-order valence-corrected chi connectivity index (χ4v) is 3.69. The van der Waals surface area contributed by atoms with Gasteiger partial charge in [0.2, 0.25) is 10.0 Å². The van der Waals surface area contributed by atoms with Crippen molar-refractivity contribution in [3.05, 3.63) is 18.5 Å². The van der Waals surface area contributed by atoms with E-state index in [2.05, 4.69) is 4.98 Å². The van der Waals surface area contributed by atoms with Crippen LogP contribution in [0.4, 0.5) is 5.69 Å². The van der Waals surface area contributed by atoms with Gasteiger partial charge in [-0.3, -0.25) is 4.98 Å². The van der Waals surface area contributed by atoms with Gasteiger partial charge >= 0.3 is 0 Å². The Kier molecular flexibility index (Phi) is 3.56. The molecule has 0 saturated carbocycles. The zero-order valence-electron chi connectivity index (χ0n) is 10.4. The fraction of sp³-hybridized carbons (Fsp3) is 0.545. The van der Waals surface area contributed by atoms with Crippen molar-refractivity contribution in [2.45, 2.75) is 30.9 Å². The molecule has 7 heteroatoms. The third-order valence-corrected chi connectivity index (χ3v) is 4.98. The summed E-state index contributed by atoms with van der Waals surface area (Å²) in [7, 11) is -3.61. The van der Waals surface area contributed by atoms with Crippen molar-refractivity contribution in [1.29, 1.82) is 0 Å². The van der Waals surface area contributed by atoms with Gasteiger partial charge in [-0.2, -0.15) is 4.31 Å². The van der Waals surface area contributed by atoms with Crippen LogP contribution in [0.2, 0.25) is 0 Å². The van der Waals surface area contributed by atoms with Crippen LogP contribution in [0.5, 0.6) is 0 Å². The lowest BCUT2D eigenvalue weighted by molar-refractivity contribution is -0.0170. The van der Waals surface area contributed by atoms with Gasteiger partial charge in [0.15, 0.2) is 0 Å². The van der Waals surface area contributed by atoms with Crippen LogP contribution in [0, 0.1) is 0 Å². The van der Waals surface area contributed by atoms with Crippen molar-refractivity contribution in [3.63, 3.8) is 0 Å². The molecule has 0 radical (unpaired) electrons. The second-order valence-electron chi connectivity index (χ2n) is 4.48. The quantitative estimate of drug-likeness (QED) is 0.844. The molecule has 0 amide bonds. The summed E-state index contributed by atoms with van der Waals surface area (Å²) in [5, 5.41) is 0. The van der Waals surface area contributed by atoms with Crippen LogP contribution in [0.25, 0.3) is 0 Å². The molecule has 2 rings (SSSR count). The molecular weight excluding hydrogens is 254 g/mol. The number of pyridine rings is 1. The third-order valence-electron chi connectivity index (χ3n) is 2.95. The largest absolute Gasteiger partial charge is 0.398 e. The van der Waals surface area contributed by atoms with Gasteiger partial charge in [-0.25, -0.2) is 8.42 Å². The minimum atomic E-state index is -3.61. The average molecular weight is 271 g/mol. The van der Waals surface area contributed by atoms with Gasteiger partial charge < -0.3 is 10.5 Å². The first-order valence-electron chi connectivity index (χ1n) is 5.76. The Labute approximate surface area is 107 Å². The van der Waals surface area contributed by atoms with E-state index in [0.717, 1.165) is 0 Å². The highest BCUT2D eigenvalue weighted by atomic mass is 32.2. The Bertz CT molecular complexity index is 532. The Morgan fingerprint density at radius 2 is 2.22 bits per heavy atom. The molecule has 0 aromatic carbocycles. The van der Waals surface area contributed by atoms with Crippen LogP contribution in [0.1, 0.15) is 13.8 Å². The van der Waals surface area contributed by atoms with Gasteiger partial charge in [-0.15, -0.1) is 0 Å². The lowest BCUT2D eigenvalue weighted by Crippen LogP contribution is -2.50. The minimum absolute atomic E-state index is 0.0611. The highest BCUT2D eigenvalue weighted by Gasteiger charge is 2.35. The van der Waals surface area contributed by atoms with Gasteiger partial charge in [0, 0.05) is 25.0 Å². The lowest BCUT2D eigenvalue weighted by Gasteiger charge is -2.35. The van der Waals surface area contributed by atoms with E-state index in [4.69, 9.17) is 10.5 Å². The van der Waals surface area contributed by atoms with Crippen LogP contribution in [0.15, 0.2) is 23.4 Å². The first-order chi connectivity index (χ1) is 8.43. The molecule has 2 heterocycles. The number of nitrogens with zero attached hydrogens (tertiary/aromatic N) is 2. The number of hydrogen-bond donors (Lipinski definition) is 1. The van der Waals surface area contributed by atoms with Crippen LogP contribution in [-0.4, -0.2) is 43.0 Å². The summed E-state index contributed by atoms with van der Waals surface area (Å²) in [6.45, 7) is 4.38. The summed E-state index contributed by atoms with van der Waals surface area (Å²) in [5.74, 6) is 0. The molecule has 0 spiro atoms. The molecule has 1 aromatic rings. The summed E-state index contributed by atoms with van der Waals surface area (Å²) >= 11 is 0. The number of hydrogen-bond acceptors (Lipinski definition) is 5. The van der Waals surface area contributed by atoms with Crippen molar-refractivity contribution in [2.24, 2.45) is 0 Å². The highest BCUT2D eigenvalue weighted by molar-refractivity contribution is 7.89. The molecule has 2 atom stereocenters. The Morgan fingerprint density at radius 1 is 1.50 bits per heavy atom. The van der Waals surface area contributed by atoms with Crippen molar-refractivity contribution in [2.75, 3.05) is 18.9 Å². The first kappa shape index (κ1) is 13.3. The third kappa shape index (κ3) is 2.33. The zero-order chi connectivity index (χ0) is 13.3. The van der Waals surface area contributed by atoms with Gasteiger partial charge in [0.1, 0.15) is 4.90 Å². The van der Waals surface area contributed by atoms with Crippen LogP contribution < -0.4 is 5.73 Å². The van der Waals surface area contributed by atoms with Gasteiger partial charge in [-0.1, -0.05) is 0 Å². The standard InChI is InChI=1S/C11H17N3O3S/c1-8-7-17-9(2)6-14(8)18(15,16)11-5-13-4-3-10(11)12/h3-5,8-9H,6-7H2,1-2H3,(H2,12,13). The maximum atomic E-state index is 12.5. The van der Waals surface area contributed by atoms with Gasteiger partial charge in [0.05, 0.1) is 18.4 Å². The van der Waals surface area contributed by atoms with E-state index < -0.39 is 10.0 Å². The molecule has 2 N–H and O–H groups in total. The molecule has 0 bridgehead atoms. The smallest absolute Gasteiger partial charge is 0.247 e.